The molecule has 1 aromatic rings. The van der Waals surface area contributed by atoms with E-state index >= 15 is 0 Å². The zero-order chi connectivity index (χ0) is 18.9. The number of rotatable bonds is 6. The second kappa shape index (κ2) is 6.76. The van der Waals surface area contributed by atoms with Crippen LogP contribution in [0.25, 0.3) is 0 Å². The molecule has 0 radical (unpaired) electrons. The van der Waals surface area contributed by atoms with E-state index in [4.69, 9.17) is 15.2 Å². The molecule has 0 amide bonds. The third-order valence-electron chi connectivity index (χ3n) is 4.48. The van der Waals surface area contributed by atoms with Crippen LogP contribution in [0, 0.1) is 16.7 Å². The third-order valence-corrected chi connectivity index (χ3v) is 4.48. The molecular weight excluding hydrogens is 349 g/mol. The largest absolute Gasteiger partial charge is 0.484 e. The maximum Gasteiger partial charge on any atom is 0.422 e. The number of amidine groups is 1. The van der Waals surface area contributed by atoms with Crippen molar-refractivity contribution in [1.82, 2.24) is 4.98 Å². The average Bonchev–Trinajstić information content (AvgIpc) is 3.39. The normalized spacial score (nSPS) is 20.8. The minimum atomic E-state index is -4.44. The van der Waals surface area contributed by atoms with Gasteiger partial charge in [-0.25, -0.2) is 4.99 Å². The van der Waals surface area contributed by atoms with Gasteiger partial charge in [0.2, 0.25) is 0 Å². The molecule has 2 N–H and O–H groups in total. The van der Waals surface area contributed by atoms with Crippen molar-refractivity contribution >= 4 is 5.84 Å². The molecule has 1 atom stereocenters. The Balaban J connectivity index is 1.84. The van der Waals surface area contributed by atoms with Crippen LogP contribution in [0.4, 0.5) is 13.2 Å². The standard InChI is InChI=1S/C17H19F3N4O2/c1-16(7-25-8-16)14(5-21)24-15(22)12-4-13(26-9-17(18,19)20)11(6-23-12)10-2-3-10/h4,6,10,14H,2-3,7-9H2,1H3,(H2,22,24). The number of nitrogens with two attached hydrogens (primary N) is 1. The molecule has 9 heteroatoms. The fraction of sp³-hybridized carbons (Fsp3) is 0.588. The molecule has 2 aliphatic rings. The summed E-state index contributed by atoms with van der Waals surface area (Å²) in [4.78, 5) is 8.41. The second-order valence-corrected chi connectivity index (χ2v) is 6.98. The van der Waals surface area contributed by atoms with Gasteiger partial charge in [-0.3, -0.25) is 4.98 Å². The first-order chi connectivity index (χ1) is 12.2. The molecule has 1 aliphatic carbocycles. The molecule has 1 aromatic heterocycles. The summed E-state index contributed by atoms with van der Waals surface area (Å²) >= 11 is 0. The van der Waals surface area contributed by atoms with Gasteiger partial charge in [0.1, 0.15) is 23.3 Å². The molecule has 0 spiro atoms. The fourth-order valence-electron chi connectivity index (χ4n) is 2.70. The number of nitrogens with zero attached hydrogens (tertiary/aromatic N) is 3. The number of ether oxygens (including phenoxy) is 2. The van der Waals surface area contributed by atoms with Crippen LogP contribution in [-0.4, -0.2) is 42.9 Å². The molecule has 26 heavy (non-hydrogen) atoms. The summed E-state index contributed by atoms with van der Waals surface area (Å²) < 4.78 is 47.6. The van der Waals surface area contributed by atoms with Crippen LogP contribution in [-0.2, 0) is 4.74 Å². The van der Waals surface area contributed by atoms with Crippen LogP contribution in [0.1, 0.15) is 36.9 Å². The Kier molecular flexibility index (Phi) is 4.80. The SMILES string of the molecule is CC1(C(C#N)N=C(N)c2cc(OCC(F)(F)F)c(C3CC3)cn2)COC1. The van der Waals surface area contributed by atoms with Crippen LogP contribution in [0.2, 0.25) is 0 Å². The Morgan fingerprint density at radius 3 is 2.73 bits per heavy atom. The van der Waals surface area contributed by atoms with E-state index in [9.17, 15) is 18.4 Å². The predicted molar refractivity (Wildman–Crippen MR) is 86.8 cm³/mol. The first-order valence-corrected chi connectivity index (χ1v) is 8.22. The first-order valence-electron chi connectivity index (χ1n) is 8.22. The molecule has 6 nitrogen and oxygen atoms in total. The number of pyridine rings is 1. The summed E-state index contributed by atoms with van der Waals surface area (Å²) in [6, 6.07) is 2.73. The monoisotopic (exact) mass is 368 g/mol. The second-order valence-electron chi connectivity index (χ2n) is 6.98. The van der Waals surface area contributed by atoms with Crippen molar-refractivity contribution in [3.8, 4) is 11.8 Å². The average molecular weight is 368 g/mol. The van der Waals surface area contributed by atoms with E-state index in [1.54, 1.807) is 0 Å². The quantitative estimate of drug-likeness (QED) is 0.615. The molecule has 1 unspecified atom stereocenters. The van der Waals surface area contributed by atoms with Gasteiger partial charge in [-0.1, -0.05) is 6.92 Å². The number of alkyl halides is 3. The van der Waals surface area contributed by atoms with E-state index in [1.807, 2.05) is 6.92 Å². The number of aromatic nitrogens is 1. The van der Waals surface area contributed by atoms with Crippen LogP contribution < -0.4 is 10.5 Å². The molecular formula is C17H19F3N4O2. The Bertz CT molecular complexity index is 749. The first kappa shape index (κ1) is 18.5. The van der Waals surface area contributed by atoms with Crippen LogP contribution in [0.3, 0.4) is 0 Å². The van der Waals surface area contributed by atoms with Crippen LogP contribution in [0.15, 0.2) is 17.3 Å². The van der Waals surface area contributed by atoms with Crippen molar-refractivity contribution < 1.29 is 22.6 Å². The lowest BCUT2D eigenvalue weighted by molar-refractivity contribution is -0.153. The number of hydrogen-bond acceptors (Lipinski definition) is 5. The molecule has 1 aliphatic heterocycles. The van der Waals surface area contributed by atoms with Gasteiger partial charge < -0.3 is 15.2 Å². The van der Waals surface area contributed by atoms with Gasteiger partial charge in [0, 0.05) is 17.8 Å². The van der Waals surface area contributed by atoms with Gasteiger partial charge in [-0.15, -0.1) is 0 Å². The number of aliphatic imine (C=N–C) groups is 1. The van der Waals surface area contributed by atoms with Gasteiger partial charge in [-0.2, -0.15) is 18.4 Å². The zero-order valence-electron chi connectivity index (χ0n) is 14.2. The lowest BCUT2D eigenvalue weighted by Crippen LogP contribution is -2.48. The van der Waals surface area contributed by atoms with Crippen molar-refractivity contribution in [3.63, 3.8) is 0 Å². The van der Waals surface area contributed by atoms with E-state index in [0.717, 1.165) is 12.8 Å². The maximum atomic E-state index is 12.5. The van der Waals surface area contributed by atoms with Crippen LogP contribution in [0.5, 0.6) is 5.75 Å². The molecule has 2 fully saturated rings. The van der Waals surface area contributed by atoms with E-state index in [2.05, 4.69) is 16.0 Å². The van der Waals surface area contributed by atoms with Gasteiger partial charge in [0.25, 0.3) is 0 Å². The highest BCUT2D eigenvalue weighted by molar-refractivity contribution is 5.96. The van der Waals surface area contributed by atoms with Gasteiger partial charge in [-0.05, 0) is 18.8 Å². The lowest BCUT2D eigenvalue weighted by atomic mass is 9.81. The highest BCUT2D eigenvalue weighted by Crippen LogP contribution is 2.44. The highest BCUT2D eigenvalue weighted by Gasteiger charge is 2.42. The summed E-state index contributed by atoms with van der Waals surface area (Å²) in [5.74, 6) is 0.263. The van der Waals surface area contributed by atoms with Crippen molar-refractivity contribution in [2.24, 2.45) is 16.1 Å². The fourth-order valence-corrected chi connectivity index (χ4v) is 2.70. The summed E-state index contributed by atoms with van der Waals surface area (Å²) in [6.45, 7) is 1.28. The van der Waals surface area contributed by atoms with Crippen molar-refractivity contribution in [1.29, 1.82) is 5.26 Å². The Morgan fingerprint density at radius 1 is 1.54 bits per heavy atom. The Labute approximate surface area is 148 Å². The van der Waals surface area contributed by atoms with Crippen molar-refractivity contribution in [2.75, 3.05) is 19.8 Å². The number of halogens is 3. The predicted octanol–water partition coefficient (Wildman–Crippen LogP) is 2.53. The molecule has 1 saturated heterocycles. The van der Waals surface area contributed by atoms with E-state index < -0.39 is 24.2 Å². The Morgan fingerprint density at radius 2 is 2.23 bits per heavy atom. The minimum absolute atomic E-state index is 0.0103. The molecule has 0 aromatic carbocycles. The third kappa shape index (κ3) is 4.07. The van der Waals surface area contributed by atoms with Crippen molar-refractivity contribution in [2.45, 2.75) is 37.9 Å². The molecule has 0 bridgehead atoms. The summed E-state index contributed by atoms with van der Waals surface area (Å²) in [6.07, 6.45) is -1.17. The van der Waals surface area contributed by atoms with Gasteiger partial charge in [0.15, 0.2) is 6.61 Å². The minimum Gasteiger partial charge on any atom is -0.484 e. The number of nitriles is 1. The smallest absolute Gasteiger partial charge is 0.422 e. The molecule has 140 valence electrons. The summed E-state index contributed by atoms with van der Waals surface area (Å²) in [5, 5.41) is 9.34. The number of hydrogen-bond donors (Lipinski definition) is 1. The topological polar surface area (TPSA) is 93.5 Å². The van der Waals surface area contributed by atoms with Gasteiger partial charge in [0.05, 0.1) is 24.7 Å². The van der Waals surface area contributed by atoms with Gasteiger partial charge >= 0.3 is 6.18 Å². The van der Waals surface area contributed by atoms with Crippen molar-refractivity contribution in [3.05, 3.63) is 23.5 Å². The zero-order valence-corrected chi connectivity index (χ0v) is 14.2. The van der Waals surface area contributed by atoms with Crippen LogP contribution >= 0.6 is 0 Å². The maximum absolute atomic E-state index is 12.5. The molecule has 1 saturated carbocycles. The lowest BCUT2D eigenvalue weighted by Gasteiger charge is -2.39. The highest BCUT2D eigenvalue weighted by atomic mass is 19.4. The van der Waals surface area contributed by atoms with E-state index in [-0.39, 0.29) is 23.2 Å². The van der Waals surface area contributed by atoms with E-state index in [1.165, 1.54) is 12.3 Å². The molecule has 3 rings (SSSR count). The molecule has 2 heterocycles. The Hall–Kier alpha value is -2.34. The summed E-state index contributed by atoms with van der Waals surface area (Å²) in [5.41, 5.74) is 6.36. The summed E-state index contributed by atoms with van der Waals surface area (Å²) in [7, 11) is 0. The van der Waals surface area contributed by atoms with E-state index in [0.29, 0.717) is 18.8 Å².